The van der Waals surface area contributed by atoms with Gasteiger partial charge in [-0.3, -0.25) is 0 Å². The summed E-state index contributed by atoms with van der Waals surface area (Å²) < 4.78 is 0. The summed E-state index contributed by atoms with van der Waals surface area (Å²) in [7, 11) is 0. The second-order valence-electron chi connectivity index (χ2n) is 6.92. The van der Waals surface area contributed by atoms with Crippen LogP contribution in [0.25, 0.3) is 0 Å². The van der Waals surface area contributed by atoms with Crippen molar-refractivity contribution in [2.45, 2.75) is 57.7 Å². The van der Waals surface area contributed by atoms with Crippen LogP contribution in [0, 0.1) is 5.92 Å². The smallest absolute Gasteiger partial charge is 0.0914 e. The van der Waals surface area contributed by atoms with E-state index in [-0.39, 0.29) is 0 Å². The second kappa shape index (κ2) is 7.39. The first-order valence-corrected chi connectivity index (χ1v) is 8.18. The fourth-order valence-electron chi connectivity index (χ4n) is 3.12. The third kappa shape index (κ3) is 5.10. The molecule has 0 heterocycles. The topological polar surface area (TPSA) is 52.5 Å². The van der Waals surface area contributed by atoms with E-state index in [1.165, 1.54) is 5.56 Å². The Hall–Kier alpha value is -0.900. The minimum atomic E-state index is -0.555. The molecule has 1 aromatic carbocycles. The molecule has 3 heteroatoms. The summed E-state index contributed by atoms with van der Waals surface area (Å²) in [5.74, 6) is 0.648. The molecule has 0 amide bonds. The molecule has 0 bridgehead atoms. The van der Waals surface area contributed by atoms with Crippen molar-refractivity contribution in [1.29, 1.82) is 0 Å². The Morgan fingerprint density at radius 2 is 1.76 bits per heavy atom. The molecule has 1 fully saturated rings. The van der Waals surface area contributed by atoms with Gasteiger partial charge in [0.2, 0.25) is 0 Å². The molecule has 3 N–H and O–H groups in total. The molecule has 3 nitrogen and oxygen atoms in total. The summed E-state index contributed by atoms with van der Waals surface area (Å²) in [5, 5.41) is 23.7. The Balaban J connectivity index is 1.78. The van der Waals surface area contributed by atoms with Crippen molar-refractivity contribution in [3.05, 3.63) is 35.4 Å². The molecule has 0 saturated heterocycles. The zero-order chi connectivity index (χ0) is 15.3. The van der Waals surface area contributed by atoms with E-state index in [0.29, 0.717) is 19.0 Å². The summed E-state index contributed by atoms with van der Waals surface area (Å²) >= 11 is 0. The van der Waals surface area contributed by atoms with Crippen molar-refractivity contribution in [2.24, 2.45) is 5.92 Å². The molecule has 1 atom stereocenters. The van der Waals surface area contributed by atoms with Crippen molar-refractivity contribution in [1.82, 2.24) is 5.32 Å². The quantitative estimate of drug-likeness (QED) is 0.724. The van der Waals surface area contributed by atoms with Crippen molar-refractivity contribution in [3.8, 4) is 0 Å². The third-order valence-electron chi connectivity index (χ3n) is 4.33. The Morgan fingerprint density at radius 1 is 1.14 bits per heavy atom. The van der Waals surface area contributed by atoms with Gasteiger partial charge in [0.15, 0.2) is 0 Å². The molecular formula is C18H29NO2. The molecule has 1 saturated carbocycles. The average molecular weight is 291 g/mol. The number of hydrogen-bond donors (Lipinski definition) is 3. The van der Waals surface area contributed by atoms with Crippen LogP contribution in [0.15, 0.2) is 24.3 Å². The van der Waals surface area contributed by atoms with Crippen LogP contribution in [-0.2, 0) is 6.42 Å². The van der Waals surface area contributed by atoms with Gasteiger partial charge in [0.05, 0.1) is 11.7 Å². The van der Waals surface area contributed by atoms with Crippen LogP contribution in [0.2, 0.25) is 0 Å². The molecule has 1 aliphatic carbocycles. The van der Waals surface area contributed by atoms with Gasteiger partial charge in [-0.25, -0.2) is 0 Å². The van der Waals surface area contributed by atoms with E-state index in [9.17, 15) is 10.2 Å². The van der Waals surface area contributed by atoms with E-state index in [4.69, 9.17) is 0 Å². The van der Waals surface area contributed by atoms with Crippen LogP contribution in [0.5, 0.6) is 0 Å². The predicted molar refractivity (Wildman–Crippen MR) is 86.2 cm³/mol. The van der Waals surface area contributed by atoms with Crippen LogP contribution in [0.1, 0.15) is 56.8 Å². The van der Waals surface area contributed by atoms with E-state index in [2.05, 4.69) is 31.3 Å². The Bertz CT molecular complexity index is 421. The number of nitrogens with one attached hydrogen (secondary N) is 1. The number of aliphatic hydroxyl groups is 2. The normalized spacial score (nSPS) is 19.1. The minimum absolute atomic E-state index is 0.492. The number of aliphatic hydroxyl groups excluding tert-OH is 1. The van der Waals surface area contributed by atoms with Crippen molar-refractivity contribution in [3.63, 3.8) is 0 Å². The van der Waals surface area contributed by atoms with E-state index in [1.807, 2.05) is 12.1 Å². The lowest BCUT2D eigenvalue weighted by Gasteiger charge is -2.23. The van der Waals surface area contributed by atoms with Crippen LogP contribution in [0.4, 0.5) is 0 Å². The summed E-state index contributed by atoms with van der Waals surface area (Å²) in [6.07, 6.45) is 4.53. The van der Waals surface area contributed by atoms with Gasteiger partial charge in [-0.05, 0) is 36.3 Å². The lowest BCUT2D eigenvalue weighted by Crippen LogP contribution is -2.39. The maximum atomic E-state index is 10.3. The highest BCUT2D eigenvalue weighted by atomic mass is 16.3. The monoisotopic (exact) mass is 291 g/mol. The summed E-state index contributed by atoms with van der Waals surface area (Å²) in [6, 6.07) is 8.22. The number of benzene rings is 1. The van der Waals surface area contributed by atoms with E-state index < -0.39 is 11.7 Å². The molecule has 0 spiro atoms. The maximum Gasteiger partial charge on any atom is 0.0914 e. The standard InChI is InChI=1S/C18H29NO2/c1-14(2)11-15-5-7-16(8-6-15)17(20)12-19-13-18(21)9-3-4-10-18/h5-8,14,17,19-21H,3-4,9-13H2,1-2H3. The zero-order valence-corrected chi connectivity index (χ0v) is 13.3. The molecule has 1 unspecified atom stereocenters. The highest BCUT2D eigenvalue weighted by Gasteiger charge is 2.30. The molecular weight excluding hydrogens is 262 g/mol. The molecule has 0 radical (unpaired) electrons. The van der Waals surface area contributed by atoms with Crippen LogP contribution < -0.4 is 5.32 Å². The van der Waals surface area contributed by atoms with Gasteiger partial charge in [0.25, 0.3) is 0 Å². The summed E-state index contributed by atoms with van der Waals surface area (Å²) in [5.41, 5.74) is 1.70. The molecule has 0 aliphatic heterocycles. The molecule has 118 valence electrons. The van der Waals surface area contributed by atoms with E-state index >= 15 is 0 Å². The van der Waals surface area contributed by atoms with Crippen molar-refractivity contribution >= 4 is 0 Å². The van der Waals surface area contributed by atoms with Gasteiger partial charge >= 0.3 is 0 Å². The molecule has 2 rings (SSSR count). The van der Waals surface area contributed by atoms with Gasteiger partial charge in [-0.15, -0.1) is 0 Å². The highest BCUT2D eigenvalue weighted by molar-refractivity contribution is 5.24. The van der Waals surface area contributed by atoms with Gasteiger partial charge in [-0.2, -0.15) is 0 Å². The Labute approximate surface area is 128 Å². The summed E-state index contributed by atoms with van der Waals surface area (Å²) in [4.78, 5) is 0. The second-order valence-corrected chi connectivity index (χ2v) is 6.92. The van der Waals surface area contributed by atoms with E-state index in [1.54, 1.807) is 0 Å². The molecule has 21 heavy (non-hydrogen) atoms. The Kier molecular flexibility index (Phi) is 5.80. The van der Waals surface area contributed by atoms with Gasteiger partial charge < -0.3 is 15.5 Å². The highest BCUT2D eigenvalue weighted by Crippen LogP contribution is 2.28. The maximum absolute atomic E-state index is 10.3. The minimum Gasteiger partial charge on any atom is -0.389 e. The number of rotatable bonds is 7. The lowest BCUT2D eigenvalue weighted by molar-refractivity contribution is 0.0439. The largest absolute Gasteiger partial charge is 0.389 e. The fourth-order valence-corrected chi connectivity index (χ4v) is 3.12. The van der Waals surface area contributed by atoms with Crippen molar-refractivity contribution < 1.29 is 10.2 Å². The van der Waals surface area contributed by atoms with Crippen molar-refractivity contribution in [2.75, 3.05) is 13.1 Å². The number of hydrogen-bond acceptors (Lipinski definition) is 3. The summed E-state index contributed by atoms with van der Waals surface area (Å²) in [6.45, 7) is 5.49. The SMILES string of the molecule is CC(C)Cc1ccc(C(O)CNCC2(O)CCCC2)cc1. The molecule has 1 aromatic rings. The van der Waals surface area contributed by atoms with Gasteiger partial charge in [0, 0.05) is 13.1 Å². The first-order valence-electron chi connectivity index (χ1n) is 8.18. The van der Waals surface area contributed by atoms with E-state index in [0.717, 1.165) is 37.7 Å². The first-order chi connectivity index (χ1) is 9.98. The Morgan fingerprint density at radius 3 is 2.33 bits per heavy atom. The third-order valence-corrected chi connectivity index (χ3v) is 4.33. The first kappa shape index (κ1) is 16.5. The van der Waals surface area contributed by atoms with Crippen LogP contribution in [-0.4, -0.2) is 28.9 Å². The average Bonchev–Trinajstić information content (AvgIpc) is 2.86. The lowest BCUT2D eigenvalue weighted by atomic mass is 10.00. The fraction of sp³-hybridized carbons (Fsp3) is 0.667. The molecule has 1 aliphatic rings. The van der Waals surface area contributed by atoms with Gasteiger partial charge in [0.1, 0.15) is 0 Å². The zero-order valence-electron chi connectivity index (χ0n) is 13.3. The van der Waals surface area contributed by atoms with Crippen LogP contribution in [0.3, 0.4) is 0 Å². The van der Waals surface area contributed by atoms with Gasteiger partial charge in [-0.1, -0.05) is 51.0 Å². The van der Waals surface area contributed by atoms with Crippen LogP contribution >= 0.6 is 0 Å². The predicted octanol–water partition coefficient (Wildman–Crippen LogP) is 2.81. The molecule has 0 aromatic heterocycles.